The monoisotopic (exact) mass is 374 g/mol. The third kappa shape index (κ3) is 4.69. The number of fused-ring (bicyclic) bond motifs is 1. The highest BCUT2D eigenvalue weighted by Gasteiger charge is 2.13. The van der Waals surface area contributed by atoms with Crippen LogP contribution in [0.15, 0.2) is 48.5 Å². The molecule has 0 aliphatic carbocycles. The van der Waals surface area contributed by atoms with Crippen molar-refractivity contribution in [2.24, 2.45) is 0 Å². The number of rotatable bonds is 9. The maximum atomic E-state index is 10.1. The van der Waals surface area contributed by atoms with Gasteiger partial charge in [-0.25, -0.2) is 0 Å². The number of halogens is 1. The number of hydrogen-bond donors (Lipinski definition) is 3. The second kappa shape index (κ2) is 8.94. The van der Waals surface area contributed by atoms with Crippen molar-refractivity contribution >= 4 is 22.5 Å². The van der Waals surface area contributed by atoms with Gasteiger partial charge in [-0.15, -0.1) is 0 Å². The van der Waals surface area contributed by atoms with E-state index >= 15 is 0 Å². The Morgan fingerprint density at radius 1 is 1.12 bits per heavy atom. The zero-order valence-corrected chi connectivity index (χ0v) is 15.4. The summed E-state index contributed by atoms with van der Waals surface area (Å²) < 4.78 is 11.4. The van der Waals surface area contributed by atoms with Crippen LogP contribution in [0.1, 0.15) is 5.69 Å². The minimum atomic E-state index is -0.624. The van der Waals surface area contributed by atoms with E-state index in [2.05, 4.69) is 10.3 Å². The van der Waals surface area contributed by atoms with Crippen molar-refractivity contribution in [3.63, 3.8) is 0 Å². The number of aryl methyl sites for hydroxylation is 1. The van der Waals surface area contributed by atoms with Crippen molar-refractivity contribution in [1.29, 1.82) is 0 Å². The van der Waals surface area contributed by atoms with Crippen molar-refractivity contribution in [3.8, 4) is 11.5 Å². The maximum Gasteiger partial charge on any atom is 0.130 e. The second-order valence-corrected chi connectivity index (χ2v) is 6.45. The highest BCUT2D eigenvalue weighted by molar-refractivity contribution is 6.37. The lowest BCUT2D eigenvalue weighted by atomic mass is 10.2. The first kappa shape index (κ1) is 18.6. The average Bonchev–Trinajstić information content (AvgIpc) is 2.95. The third-order valence-electron chi connectivity index (χ3n) is 4.00. The molecule has 0 aliphatic heterocycles. The minimum Gasteiger partial charge on any atom is -0.492 e. The maximum absolute atomic E-state index is 10.1. The van der Waals surface area contributed by atoms with E-state index in [0.717, 1.165) is 22.3 Å². The first-order valence-corrected chi connectivity index (χ1v) is 8.99. The van der Waals surface area contributed by atoms with Crippen molar-refractivity contribution in [2.45, 2.75) is 13.0 Å². The number of aromatic nitrogens is 1. The Bertz CT molecular complexity index is 836. The largest absolute Gasteiger partial charge is 0.492 e. The lowest BCUT2D eigenvalue weighted by Gasteiger charge is -2.14. The fraction of sp³-hybridized carbons (Fsp3) is 0.300. The first-order chi connectivity index (χ1) is 12.6. The highest BCUT2D eigenvalue weighted by atomic mass is 35.5. The number of H-pyrrole nitrogens is 1. The van der Waals surface area contributed by atoms with Gasteiger partial charge in [0.15, 0.2) is 0 Å². The number of para-hydroxylation sites is 1. The molecular formula is C20H23ClN2O3. The van der Waals surface area contributed by atoms with Crippen LogP contribution in [0.2, 0.25) is 5.02 Å². The zero-order valence-electron chi connectivity index (χ0n) is 14.7. The molecule has 0 amide bonds. The van der Waals surface area contributed by atoms with Gasteiger partial charge in [-0.2, -0.15) is 0 Å². The number of aromatic amines is 1. The summed E-state index contributed by atoms with van der Waals surface area (Å²) in [6.45, 7) is 3.71. The molecule has 1 aromatic heterocycles. The van der Waals surface area contributed by atoms with Crippen molar-refractivity contribution < 1.29 is 14.6 Å². The van der Waals surface area contributed by atoms with Crippen LogP contribution in [0.3, 0.4) is 0 Å². The molecule has 3 aromatic rings. The summed E-state index contributed by atoms with van der Waals surface area (Å²) in [4.78, 5) is 3.22. The Balaban J connectivity index is 1.41. The molecule has 0 saturated carbocycles. The van der Waals surface area contributed by atoms with Crippen LogP contribution in [0.5, 0.6) is 11.5 Å². The number of aliphatic hydroxyl groups is 1. The Kier molecular flexibility index (Phi) is 6.39. The van der Waals surface area contributed by atoms with Gasteiger partial charge in [0.05, 0.1) is 15.9 Å². The van der Waals surface area contributed by atoms with Crippen LogP contribution in [0.25, 0.3) is 10.9 Å². The molecule has 0 bridgehead atoms. The van der Waals surface area contributed by atoms with Crippen LogP contribution < -0.4 is 14.8 Å². The van der Waals surface area contributed by atoms with Crippen molar-refractivity contribution in [1.82, 2.24) is 10.3 Å². The van der Waals surface area contributed by atoms with Gasteiger partial charge >= 0.3 is 0 Å². The average molecular weight is 375 g/mol. The molecule has 3 N–H and O–H groups in total. The Labute approximate surface area is 157 Å². The quantitative estimate of drug-likeness (QED) is 0.501. The van der Waals surface area contributed by atoms with E-state index in [-0.39, 0.29) is 6.61 Å². The predicted molar refractivity (Wildman–Crippen MR) is 104 cm³/mol. The van der Waals surface area contributed by atoms with E-state index in [1.165, 1.54) is 0 Å². The molecule has 138 valence electrons. The molecule has 6 heteroatoms. The molecule has 1 atom stereocenters. The summed E-state index contributed by atoms with van der Waals surface area (Å²) in [7, 11) is 0. The fourth-order valence-electron chi connectivity index (χ4n) is 2.70. The Morgan fingerprint density at radius 3 is 2.73 bits per heavy atom. The summed E-state index contributed by atoms with van der Waals surface area (Å²) in [6, 6.07) is 15.3. The molecule has 0 unspecified atom stereocenters. The standard InChI is InChI=1S/C20H23ClN2O3/c1-14-20(21)19-17(23-14)8-5-9-18(19)26-13-15(24)12-22-10-11-25-16-6-3-2-4-7-16/h2-9,15,22-24H,10-13H2,1H3/t15-/m0/s1. The SMILES string of the molecule is Cc1[nH]c2cccc(OC[C@@H](O)CNCCOc3ccccc3)c2c1Cl. The summed E-state index contributed by atoms with van der Waals surface area (Å²) in [6.07, 6.45) is -0.624. The van der Waals surface area contributed by atoms with Gasteiger partial charge in [0.2, 0.25) is 0 Å². The van der Waals surface area contributed by atoms with Crippen LogP contribution in [-0.4, -0.2) is 42.5 Å². The van der Waals surface area contributed by atoms with Gasteiger partial charge < -0.3 is 24.9 Å². The van der Waals surface area contributed by atoms with E-state index in [4.69, 9.17) is 21.1 Å². The summed E-state index contributed by atoms with van der Waals surface area (Å²) in [5, 5.41) is 14.8. The molecule has 0 radical (unpaired) electrons. The Hall–Kier alpha value is -2.21. The number of hydrogen-bond acceptors (Lipinski definition) is 4. The molecule has 26 heavy (non-hydrogen) atoms. The van der Waals surface area contributed by atoms with Crippen molar-refractivity contribution in [3.05, 3.63) is 59.2 Å². The smallest absolute Gasteiger partial charge is 0.130 e. The van der Waals surface area contributed by atoms with Crippen LogP contribution >= 0.6 is 11.6 Å². The Morgan fingerprint density at radius 2 is 1.92 bits per heavy atom. The number of ether oxygens (including phenoxy) is 2. The number of benzene rings is 2. The molecule has 1 heterocycles. The summed E-state index contributed by atoms with van der Waals surface area (Å²) in [5.74, 6) is 1.51. The van der Waals surface area contributed by atoms with Gasteiger partial charge in [0, 0.05) is 18.8 Å². The predicted octanol–water partition coefficient (Wildman–Crippen LogP) is 3.54. The minimum absolute atomic E-state index is 0.187. The van der Waals surface area contributed by atoms with Crippen molar-refractivity contribution in [2.75, 3.05) is 26.3 Å². The first-order valence-electron chi connectivity index (χ1n) is 8.61. The van der Waals surface area contributed by atoms with E-state index in [1.807, 2.05) is 55.5 Å². The van der Waals surface area contributed by atoms with Crippen LogP contribution in [-0.2, 0) is 0 Å². The molecule has 2 aromatic carbocycles. The highest BCUT2D eigenvalue weighted by Crippen LogP contribution is 2.34. The molecule has 0 aliphatic rings. The van der Waals surface area contributed by atoms with Gasteiger partial charge in [0.25, 0.3) is 0 Å². The molecule has 5 nitrogen and oxygen atoms in total. The van der Waals surface area contributed by atoms with Gasteiger partial charge in [-0.1, -0.05) is 35.9 Å². The zero-order chi connectivity index (χ0) is 18.4. The summed E-state index contributed by atoms with van der Waals surface area (Å²) in [5.41, 5.74) is 1.83. The molecular weight excluding hydrogens is 352 g/mol. The molecule has 0 spiro atoms. The number of nitrogens with one attached hydrogen (secondary N) is 2. The summed E-state index contributed by atoms with van der Waals surface area (Å²) >= 11 is 6.33. The normalized spacial score (nSPS) is 12.3. The van der Waals surface area contributed by atoms with Gasteiger partial charge in [-0.3, -0.25) is 0 Å². The second-order valence-electron chi connectivity index (χ2n) is 6.07. The van der Waals surface area contributed by atoms with Crippen LogP contribution in [0.4, 0.5) is 0 Å². The topological polar surface area (TPSA) is 66.5 Å². The van der Waals surface area contributed by atoms with E-state index < -0.39 is 6.10 Å². The van der Waals surface area contributed by atoms with E-state index in [1.54, 1.807) is 0 Å². The molecule has 0 saturated heterocycles. The number of aliphatic hydroxyl groups excluding tert-OH is 1. The third-order valence-corrected chi connectivity index (χ3v) is 4.47. The van der Waals surface area contributed by atoms with Crippen LogP contribution in [0, 0.1) is 6.92 Å². The molecule has 0 fully saturated rings. The lowest BCUT2D eigenvalue weighted by Crippen LogP contribution is -2.33. The van der Waals surface area contributed by atoms with Gasteiger partial charge in [0.1, 0.15) is 30.8 Å². The van der Waals surface area contributed by atoms with Gasteiger partial charge in [-0.05, 0) is 31.2 Å². The van der Waals surface area contributed by atoms with E-state index in [9.17, 15) is 5.11 Å². The lowest BCUT2D eigenvalue weighted by molar-refractivity contribution is 0.106. The fourth-order valence-corrected chi connectivity index (χ4v) is 2.94. The molecule has 3 rings (SSSR count). The van der Waals surface area contributed by atoms with E-state index in [0.29, 0.717) is 30.5 Å².